The van der Waals surface area contributed by atoms with Gasteiger partial charge in [0.1, 0.15) is 5.52 Å². The Morgan fingerprint density at radius 2 is 2.07 bits per heavy atom. The first-order chi connectivity index (χ1) is 13.0. The highest BCUT2D eigenvalue weighted by atomic mass is 35.5. The fourth-order valence-corrected chi connectivity index (χ4v) is 3.65. The summed E-state index contributed by atoms with van der Waals surface area (Å²) < 4.78 is 1.65. The number of hydrogen-bond acceptors (Lipinski definition) is 4. The van der Waals surface area contributed by atoms with E-state index >= 15 is 0 Å². The van der Waals surface area contributed by atoms with Crippen LogP contribution in [0.25, 0.3) is 11.0 Å². The number of hydrogen-bond donors (Lipinski definition) is 2. The van der Waals surface area contributed by atoms with Crippen molar-refractivity contribution in [3.05, 3.63) is 51.4 Å². The molecular formula is C19H21ClN4O2S. The van der Waals surface area contributed by atoms with E-state index in [0.29, 0.717) is 33.4 Å². The predicted molar refractivity (Wildman–Crippen MR) is 111 cm³/mol. The van der Waals surface area contributed by atoms with Crippen LogP contribution in [0.1, 0.15) is 25.5 Å². The SMILES string of the molecule is CCCCn1c(SCC(=O)Nc2ccc(Cl)cc2)nc2cc(C)[nH]c2c1=O. The number of rotatable bonds is 7. The topological polar surface area (TPSA) is 79.8 Å². The number of thioether (sulfide) groups is 1. The molecule has 0 saturated heterocycles. The zero-order valence-corrected chi connectivity index (χ0v) is 16.8. The summed E-state index contributed by atoms with van der Waals surface area (Å²) in [6.45, 7) is 4.55. The average molecular weight is 405 g/mol. The highest BCUT2D eigenvalue weighted by Crippen LogP contribution is 2.20. The van der Waals surface area contributed by atoms with Gasteiger partial charge in [0.05, 0.1) is 11.3 Å². The molecule has 3 aromatic rings. The van der Waals surface area contributed by atoms with Crippen molar-refractivity contribution in [2.24, 2.45) is 0 Å². The van der Waals surface area contributed by atoms with E-state index in [9.17, 15) is 9.59 Å². The quantitative estimate of drug-likeness (QED) is 0.456. The standard InChI is InChI=1S/C19H21ClN4O2S/c1-3-4-9-24-18(26)17-15(10-12(2)21-17)23-19(24)27-11-16(25)22-14-7-5-13(20)6-8-14/h5-8,10,21H,3-4,9,11H2,1-2H3,(H,22,25). The summed E-state index contributed by atoms with van der Waals surface area (Å²) in [6, 6.07) is 8.77. The number of amides is 1. The number of carbonyl (C=O) groups is 1. The smallest absolute Gasteiger partial charge is 0.278 e. The average Bonchev–Trinajstić information content (AvgIpc) is 3.02. The lowest BCUT2D eigenvalue weighted by atomic mass is 10.3. The van der Waals surface area contributed by atoms with Crippen LogP contribution >= 0.6 is 23.4 Å². The molecule has 0 fully saturated rings. The van der Waals surface area contributed by atoms with Crippen LogP contribution in [0.5, 0.6) is 0 Å². The number of carbonyl (C=O) groups excluding carboxylic acids is 1. The van der Waals surface area contributed by atoms with Gasteiger partial charge in [-0.05, 0) is 43.7 Å². The maximum absolute atomic E-state index is 12.8. The third-order valence-corrected chi connectivity index (χ3v) is 5.26. The molecule has 0 aliphatic rings. The van der Waals surface area contributed by atoms with Crippen molar-refractivity contribution in [2.45, 2.75) is 38.4 Å². The maximum Gasteiger partial charge on any atom is 0.278 e. The molecule has 6 nitrogen and oxygen atoms in total. The fraction of sp³-hybridized carbons (Fsp3) is 0.316. The lowest BCUT2D eigenvalue weighted by molar-refractivity contribution is -0.113. The first-order valence-electron chi connectivity index (χ1n) is 8.76. The third kappa shape index (κ3) is 4.73. The minimum absolute atomic E-state index is 0.0952. The second kappa shape index (κ2) is 8.63. The minimum atomic E-state index is -0.163. The highest BCUT2D eigenvalue weighted by molar-refractivity contribution is 7.99. The Bertz CT molecular complexity index is 1010. The Kier molecular flexibility index (Phi) is 6.23. The molecule has 0 atom stereocenters. The van der Waals surface area contributed by atoms with E-state index in [4.69, 9.17) is 11.6 Å². The molecule has 2 aromatic heterocycles. The Morgan fingerprint density at radius 1 is 1.33 bits per heavy atom. The Labute approximate surface area is 166 Å². The van der Waals surface area contributed by atoms with E-state index in [2.05, 4.69) is 22.2 Å². The second-order valence-corrected chi connectivity index (χ2v) is 7.64. The molecule has 1 amide bonds. The molecule has 8 heteroatoms. The molecular weight excluding hydrogens is 384 g/mol. The number of benzene rings is 1. The number of aromatic nitrogens is 3. The fourth-order valence-electron chi connectivity index (χ4n) is 2.69. The van der Waals surface area contributed by atoms with E-state index < -0.39 is 0 Å². The number of H-pyrrole nitrogens is 1. The second-order valence-electron chi connectivity index (χ2n) is 6.26. The summed E-state index contributed by atoms with van der Waals surface area (Å²) >= 11 is 7.12. The summed E-state index contributed by atoms with van der Waals surface area (Å²) in [4.78, 5) is 32.7. The van der Waals surface area contributed by atoms with E-state index in [1.165, 1.54) is 11.8 Å². The third-order valence-electron chi connectivity index (χ3n) is 4.03. The largest absolute Gasteiger partial charge is 0.353 e. The van der Waals surface area contributed by atoms with Crippen LogP contribution in [-0.4, -0.2) is 26.2 Å². The van der Waals surface area contributed by atoms with Crippen molar-refractivity contribution < 1.29 is 4.79 Å². The molecule has 0 bridgehead atoms. The van der Waals surface area contributed by atoms with E-state index in [-0.39, 0.29) is 17.2 Å². The first-order valence-corrected chi connectivity index (χ1v) is 10.1. The van der Waals surface area contributed by atoms with Crippen LogP contribution in [0.2, 0.25) is 5.02 Å². The molecule has 2 heterocycles. The Balaban J connectivity index is 1.79. The monoisotopic (exact) mass is 404 g/mol. The van der Waals surface area contributed by atoms with Gasteiger partial charge in [0.25, 0.3) is 5.56 Å². The normalized spacial score (nSPS) is 11.1. The molecule has 3 rings (SSSR count). The van der Waals surface area contributed by atoms with Gasteiger partial charge in [-0.25, -0.2) is 4.98 Å². The predicted octanol–water partition coefficient (Wildman–Crippen LogP) is 4.22. The summed E-state index contributed by atoms with van der Waals surface area (Å²) in [6.07, 6.45) is 1.84. The van der Waals surface area contributed by atoms with Gasteiger partial charge >= 0.3 is 0 Å². The number of nitrogens with zero attached hydrogens (tertiary/aromatic N) is 2. The van der Waals surface area contributed by atoms with Crippen molar-refractivity contribution >= 4 is 46.0 Å². The summed E-state index contributed by atoms with van der Waals surface area (Å²) in [5, 5.41) is 3.99. The van der Waals surface area contributed by atoms with Crippen LogP contribution in [0.3, 0.4) is 0 Å². The zero-order chi connectivity index (χ0) is 19.4. The highest BCUT2D eigenvalue weighted by Gasteiger charge is 2.14. The van der Waals surface area contributed by atoms with Gasteiger partial charge < -0.3 is 10.3 Å². The van der Waals surface area contributed by atoms with Crippen LogP contribution in [-0.2, 0) is 11.3 Å². The van der Waals surface area contributed by atoms with Crippen molar-refractivity contribution in [3.8, 4) is 0 Å². The van der Waals surface area contributed by atoms with Gasteiger partial charge in [-0.3, -0.25) is 14.2 Å². The van der Waals surface area contributed by atoms with Gasteiger partial charge in [-0.1, -0.05) is 36.7 Å². The number of anilines is 1. The van der Waals surface area contributed by atoms with E-state index in [1.807, 2.05) is 13.0 Å². The molecule has 0 aliphatic carbocycles. The van der Waals surface area contributed by atoms with E-state index in [1.54, 1.807) is 28.8 Å². The van der Waals surface area contributed by atoms with Crippen molar-refractivity contribution in [3.63, 3.8) is 0 Å². The molecule has 2 N–H and O–H groups in total. The number of halogens is 1. The van der Waals surface area contributed by atoms with Crippen LogP contribution in [0, 0.1) is 6.92 Å². The number of nitrogens with one attached hydrogen (secondary N) is 2. The van der Waals surface area contributed by atoms with Crippen molar-refractivity contribution in [1.82, 2.24) is 14.5 Å². The van der Waals surface area contributed by atoms with Crippen molar-refractivity contribution in [2.75, 3.05) is 11.1 Å². The molecule has 0 aliphatic heterocycles. The van der Waals surface area contributed by atoms with Gasteiger partial charge in [-0.2, -0.15) is 0 Å². The molecule has 0 radical (unpaired) electrons. The number of aryl methyl sites for hydroxylation is 1. The number of aromatic amines is 1. The van der Waals surface area contributed by atoms with Gasteiger partial charge in [0.2, 0.25) is 5.91 Å². The van der Waals surface area contributed by atoms with Crippen LogP contribution < -0.4 is 10.9 Å². The Morgan fingerprint density at radius 3 is 2.78 bits per heavy atom. The van der Waals surface area contributed by atoms with Gasteiger partial charge in [0.15, 0.2) is 5.16 Å². The molecule has 0 unspecified atom stereocenters. The van der Waals surface area contributed by atoms with Gasteiger partial charge in [0, 0.05) is 22.9 Å². The summed E-state index contributed by atoms with van der Waals surface area (Å²) in [7, 11) is 0. The number of fused-ring (bicyclic) bond motifs is 1. The summed E-state index contributed by atoms with van der Waals surface area (Å²) in [5.74, 6) is -0.000200. The lowest BCUT2D eigenvalue weighted by Gasteiger charge is -2.11. The minimum Gasteiger partial charge on any atom is -0.353 e. The molecule has 0 spiro atoms. The molecule has 1 aromatic carbocycles. The lowest BCUT2D eigenvalue weighted by Crippen LogP contribution is -2.24. The first kappa shape index (κ1) is 19.5. The van der Waals surface area contributed by atoms with Crippen LogP contribution in [0.15, 0.2) is 40.3 Å². The number of unbranched alkanes of at least 4 members (excludes halogenated alkanes) is 1. The Hall–Kier alpha value is -2.25. The zero-order valence-electron chi connectivity index (χ0n) is 15.2. The van der Waals surface area contributed by atoms with Gasteiger partial charge in [-0.15, -0.1) is 0 Å². The molecule has 27 heavy (non-hydrogen) atoms. The van der Waals surface area contributed by atoms with Crippen molar-refractivity contribution in [1.29, 1.82) is 0 Å². The molecule has 0 saturated carbocycles. The maximum atomic E-state index is 12.8. The van der Waals surface area contributed by atoms with E-state index in [0.717, 1.165) is 18.5 Å². The van der Waals surface area contributed by atoms with Crippen LogP contribution in [0.4, 0.5) is 5.69 Å². The summed E-state index contributed by atoms with van der Waals surface area (Å²) in [5.41, 5.74) is 2.61. The molecule has 142 valence electrons.